The highest BCUT2D eigenvalue weighted by molar-refractivity contribution is 6.31. The molecule has 0 aliphatic carbocycles. The molecule has 3 N–H and O–H groups in total. The van der Waals surface area contributed by atoms with Crippen molar-refractivity contribution in [2.75, 3.05) is 50.4 Å². The summed E-state index contributed by atoms with van der Waals surface area (Å²) in [5.74, 6) is 0.939. The van der Waals surface area contributed by atoms with Crippen LogP contribution in [0.4, 0.5) is 11.8 Å². The third-order valence-electron chi connectivity index (χ3n) is 5.55. The molecule has 0 unspecified atom stereocenters. The molecule has 2 aromatic carbocycles. The summed E-state index contributed by atoms with van der Waals surface area (Å²) in [6, 6.07) is 14.8. The molecule has 0 saturated carbocycles. The number of rotatable bonds is 6. The normalized spacial score (nSPS) is 14.6. The largest absolute Gasteiger partial charge is 0.383 e. The lowest BCUT2D eigenvalue weighted by molar-refractivity contribution is 0.0398. The predicted molar refractivity (Wildman–Crippen MR) is 132 cm³/mol. The number of hydrogen-bond acceptors (Lipinski definition) is 7. The van der Waals surface area contributed by atoms with Gasteiger partial charge in [0.2, 0.25) is 5.95 Å². The van der Waals surface area contributed by atoms with E-state index in [0.29, 0.717) is 45.1 Å². The Morgan fingerprint density at radius 3 is 2.55 bits per heavy atom. The van der Waals surface area contributed by atoms with Crippen LogP contribution in [0.5, 0.6) is 0 Å². The zero-order valence-corrected chi connectivity index (χ0v) is 19.4. The SMILES string of the molecule is Nc1c2c(-c3cccc(Cl)c3)nc(NCCN3CCOCC3)nc2nn1-c1ccc(Cl)cc1. The van der Waals surface area contributed by atoms with Crippen LogP contribution in [0.2, 0.25) is 10.0 Å². The van der Waals surface area contributed by atoms with Gasteiger partial charge in [-0.25, -0.2) is 9.67 Å². The quantitative estimate of drug-likeness (QED) is 0.425. The van der Waals surface area contributed by atoms with Gasteiger partial charge in [-0.15, -0.1) is 5.10 Å². The van der Waals surface area contributed by atoms with Crippen LogP contribution in [0, 0.1) is 0 Å². The molecule has 0 atom stereocenters. The van der Waals surface area contributed by atoms with Gasteiger partial charge in [-0.3, -0.25) is 4.90 Å². The van der Waals surface area contributed by atoms with E-state index in [1.54, 1.807) is 16.8 Å². The average Bonchev–Trinajstić information content (AvgIpc) is 3.16. The number of nitrogens with zero attached hydrogens (tertiary/aromatic N) is 5. The Morgan fingerprint density at radius 1 is 1.00 bits per heavy atom. The summed E-state index contributed by atoms with van der Waals surface area (Å²) in [7, 11) is 0. The molecule has 1 fully saturated rings. The van der Waals surface area contributed by atoms with E-state index in [4.69, 9.17) is 38.7 Å². The van der Waals surface area contributed by atoms with Crippen LogP contribution >= 0.6 is 23.2 Å². The van der Waals surface area contributed by atoms with Gasteiger partial charge < -0.3 is 15.8 Å². The number of nitrogens with one attached hydrogen (secondary N) is 1. The van der Waals surface area contributed by atoms with Gasteiger partial charge in [0.25, 0.3) is 0 Å². The minimum atomic E-state index is 0.446. The maximum atomic E-state index is 6.55. The third-order valence-corrected chi connectivity index (χ3v) is 6.04. The minimum Gasteiger partial charge on any atom is -0.383 e. The number of halogens is 2. The highest BCUT2D eigenvalue weighted by Gasteiger charge is 2.19. The molecule has 1 aliphatic heterocycles. The minimum absolute atomic E-state index is 0.446. The number of morpholine rings is 1. The van der Waals surface area contributed by atoms with Crippen LogP contribution in [0.15, 0.2) is 48.5 Å². The van der Waals surface area contributed by atoms with Gasteiger partial charge in [-0.1, -0.05) is 35.3 Å². The number of aromatic nitrogens is 4. The summed E-state index contributed by atoms with van der Waals surface area (Å²) in [6.45, 7) is 4.97. The van der Waals surface area contributed by atoms with E-state index in [0.717, 1.165) is 44.1 Å². The molecule has 5 rings (SSSR count). The molecule has 10 heteroatoms. The van der Waals surface area contributed by atoms with Crippen molar-refractivity contribution in [1.29, 1.82) is 0 Å². The molecule has 0 radical (unpaired) electrons. The van der Waals surface area contributed by atoms with Crippen LogP contribution < -0.4 is 11.1 Å². The lowest BCUT2D eigenvalue weighted by Gasteiger charge is -2.26. The number of hydrogen-bond donors (Lipinski definition) is 2. The van der Waals surface area contributed by atoms with Crippen LogP contribution in [0.3, 0.4) is 0 Å². The fourth-order valence-corrected chi connectivity index (χ4v) is 4.18. The number of nitrogens with two attached hydrogens (primary N) is 1. The Labute approximate surface area is 201 Å². The number of nitrogen functional groups attached to an aromatic ring is 1. The molecule has 1 aliphatic rings. The average molecular weight is 484 g/mol. The Morgan fingerprint density at radius 2 is 1.79 bits per heavy atom. The molecular formula is C23H23Cl2N7O. The Hall–Kier alpha value is -2.91. The standard InChI is InChI=1S/C23H23Cl2N7O/c24-16-4-6-18(7-5-16)32-21(26)19-20(15-2-1-3-17(25)14-15)28-23(29-22(19)30-32)27-8-9-31-10-12-33-13-11-31/h1-7,14H,8-13,26H2,(H,27,29,30). The molecule has 8 nitrogen and oxygen atoms in total. The summed E-state index contributed by atoms with van der Waals surface area (Å²) < 4.78 is 7.07. The van der Waals surface area contributed by atoms with Crippen LogP contribution in [-0.2, 0) is 4.74 Å². The maximum absolute atomic E-state index is 6.55. The second kappa shape index (κ2) is 9.52. The second-order valence-corrected chi connectivity index (χ2v) is 8.63. The fraction of sp³-hybridized carbons (Fsp3) is 0.261. The molecule has 1 saturated heterocycles. The molecule has 2 aromatic heterocycles. The van der Waals surface area contributed by atoms with Gasteiger partial charge in [-0.2, -0.15) is 4.98 Å². The molecular weight excluding hydrogens is 461 g/mol. The molecule has 0 spiro atoms. The smallest absolute Gasteiger partial charge is 0.225 e. The first-order valence-electron chi connectivity index (χ1n) is 10.7. The van der Waals surface area contributed by atoms with Crippen LogP contribution in [0.1, 0.15) is 0 Å². The zero-order chi connectivity index (χ0) is 22.8. The molecule has 4 aromatic rings. The summed E-state index contributed by atoms with van der Waals surface area (Å²) >= 11 is 12.3. The van der Waals surface area contributed by atoms with E-state index in [-0.39, 0.29) is 0 Å². The van der Waals surface area contributed by atoms with Gasteiger partial charge in [-0.05, 0) is 36.4 Å². The Kier molecular flexibility index (Phi) is 6.32. The number of ether oxygens (including phenoxy) is 1. The Bertz CT molecular complexity index is 1270. The van der Waals surface area contributed by atoms with Crippen molar-refractivity contribution in [1.82, 2.24) is 24.6 Å². The molecule has 0 bridgehead atoms. The highest BCUT2D eigenvalue weighted by atomic mass is 35.5. The van der Waals surface area contributed by atoms with E-state index in [1.807, 2.05) is 36.4 Å². The number of anilines is 2. The van der Waals surface area contributed by atoms with E-state index in [2.05, 4.69) is 20.3 Å². The summed E-state index contributed by atoms with van der Waals surface area (Å²) in [5, 5.41) is 9.94. The number of fused-ring (bicyclic) bond motifs is 1. The van der Waals surface area contributed by atoms with E-state index < -0.39 is 0 Å². The highest BCUT2D eigenvalue weighted by Crippen LogP contribution is 2.33. The summed E-state index contributed by atoms with van der Waals surface area (Å²) in [5.41, 5.74) is 9.35. The van der Waals surface area contributed by atoms with E-state index >= 15 is 0 Å². The van der Waals surface area contributed by atoms with Gasteiger partial charge in [0.05, 0.1) is 30.0 Å². The summed E-state index contributed by atoms with van der Waals surface area (Å²) in [6.07, 6.45) is 0. The third kappa shape index (κ3) is 4.74. The van der Waals surface area contributed by atoms with Crippen LogP contribution in [0.25, 0.3) is 28.0 Å². The van der Waals surface area contributed by atoms with Crippen molar-refractivity contribution in [3.05, 3.63) is 58.6 Å². The van der Waals surface area contributed by atoms with Crippen molar-refractivity contribution in [2.45, 2.75) is 0 Å². The van der Waals surface area contributed by atoms with Gasteiger partial charge in [0.15, 0.2) is 5.65 Å². The molecule has 33 heavy (non-hydrogen) atoms. The Balaban J connectivity index is 1.54. The van der Waals surface area contributed by atoms with Gasteiger partial charge in [0.1, 0.15) is 5.82 Å². The lowest BCUT2D eigenvalue weighted by atomic mass is 10.1. The summed E-state index contributed by atoms with van der Waals surface area (Å²) in [4.78, 5) is 11.8. The first-order chi connectivity index (χ1) is 16.1. The van der Waals surface area contributed by atoms with E-state index in [1.165, 1.54) is 0 Å². The second-order valence-electron chi connectivity index (χ2n) is 7.76. The monoisotopic (exact) mass is 483 g/mol. The van der Waals surface area contributed by atoms with Crippen molar-refractivity contribution in [2.24, 2.45) is 0 Å². The molecule has 3 heterocycles. The fourth-order valence-electron chi connectivity index (χ4n) is 3.87. The predicted octanol–water partition coefficient (Wildman–Crippen LogP) is 4.12. The van der Waals surface area contributed by atoms with Gasteiger partial charge in [0, 0.05) is 41.8 Å². The molecule has 0 amide bonds. The van der Waals surface area contributed by atoms with Crippen molar-refractivity contribution in [3.8, 4) is 16.9 Å². The van der Waals surface area contributed by atoms with E-state index in [9.17, 15) is 0 Å². The zero-order valence-electron chi connectivity index (χ0n) is 17.8. The molecule has 170 valence electrons. The lowest BCUT2D eigenvalue weighted by Crippen LogP contribution is -2.39. The topological polar surface area (TPSA) is 94.1 Å². The first kappa shape index (κ1) is 21.9. The van der Waals surface area contributed by atoms with Crippen LogP contribution in [-0.4, -0.2) is 64.0 Å². The van der Waals surface area contributed by atoms with Crippen molar-refractivity contribution < 1.29 is 4.74 Å². The van der Waals surface area contributed by atoms with Crippen molar-refractivity contribution in [3.63, 3.8) is 0 Å². The van der Waals surface area contributed by atoms with Gasteiger partial charge >= 0.3 is 0 Å². The number of benzene rings is 2. The first-order valence-corrected chi connectivity index (χ1v) is 11.5. The maximum Gasteiger partial charge on any atom is 0.225 e. The van der Waals surface area contributed by atoms with Crippen molar-refractivity contribution >= 4 is 46.0 Å².